The van der Waals surface area contributed by atoms with Gasteiger partial charge in [0.1, 0.15) is 17.6 Å². The van der Waals surface area contributed by atoms with Crippen LogP contribution in [0.5, 0.6) is 5.75 Å². The molecule has 0 aliphatic carbocycles. The monoisotopic (exact) mass is 502 g/mol. The van der Waals surface area contributed by atoms with Crippen molar-refractivity contribution < 1.29 is 23.5 Å². The van der Waals surface area contributed by atoms with Gasteiger partial charge in [0, 0.05) is 20.2 Å². The molecule has 0 saturated carbocycles. The second kappa shape index (κ2) is 10.3. The normalized spacial score (nSPS) is 12.9. The van der Waals surface area contributed by atoms with E-state index in [0.717, 1.165) is 21.3 Å². The number of benzene rings is 1. The Hall–Kier alpha value is -2.99. The van der Waals surface area contributed by atoms with Crippen LogP contribution in [0.3, 0.4) is 0 Å². The van der Waals surface area contributed by atoms with Crippen LogP contribution < -0.4 is 21.4 Å². The predicted octanol–water partition coefficient (Wildman–Crippen LogP) is 1.48. The number of hydrogen-bond donors (Lipinski definition) is 1. The molecule has 0 radical (unpaired) electrons. The third-order valence-corrected chi connectivity index (χ3v) is 5.71. The highest BCUT2D eigenvalue weighted by Crippen LogP contribution is 2.29. The summed E-state index contributed by atoms with van der Waals surface area (Å²) in [5.41, 5.74) is -2.19. The Labute approximate surface area is 198 Å². The van der Waals surface area contributed by atoms with E-state index in [-0.39, 0.29) is 21.5 Å². The molecule has 1 N–H and O–H groups in total. The number of halogens is 2. The van der Waals surface area contributed by atoms with Gasteiger partial charge in [-0.15, -0.1) is 0 Å². The molecule has 0 saturated heterocycles. The van der Waals surface area contributed by atoms with Crippen molar-refractivity contribution in [3.63, 3.8) is 0 Å². The zero-order valence-corrected chi connectivity index (χ0v) is 20.4. The summed E-state index contributed by atoms with van der Waals surface area (Å²) in [4.78, 5) is 49.7. The summed E-state index contributed by atoms with van der Waals surface area (Å²) in [6.45, 7) is 4.84. The lowest BCUT2D eigenvalue weighted by atomic mass is 10.0. The van der Waals surface area contributed by atoms with E-state index in [4.69, 9.17) is 28.6 Å². The topological polar surface area (TPSA) is 114 Å². The Morgan fingerprint density at radius 2 is 1.67 bits per heavy atom. The molecule has 1 aromatic heterocycles. The Bertz CT molecular complexity index is 1230. The van der Waals surface area contributed by atoms with E-state index < -0.39 is 46.9 Å². The summed E-state index contributed by atoms with van der Waals surface area (Å²) in [7, 11) is 3.88. The first kappa shape index (κ1) is 26.3. The quantitative estimate of drug-likeness (QED) is 0.450. The zero-order chi connectivity index (χ0) is 25.2. The SMILES string of the molecule is COC(=O)C(NC(=O)C(C)Oc1cc(-n2c(=O)n(C)c(=S)n(C)c2=O)c(F)cc1Cl)C(C)C. The molecule has 1 amide bonds. The molecule has 2 atom stereocenters. The lowest BCUT2D eigenvalue weighted by Gasteiger charge is -2.23. The third kappa shape index (κ3) is 5.33. The van der Waals surface area contributed by atoms with Gasteiger partial charge >= 0.3 is 17.3 Å². The first-order valence-corrected chi connectivity index (χ1v) is 10.5. The number of hydrogen-bond acceptors (Lipinski definition) is 7. The van der Waals surface area contributed by atoms with E-state index in [1.165, 1.54) is 28.1 Å². The highest BCUT2D eigenvalue weighted by atomic mass is 35.5. The third-order valence-electron chi connectivity index (χ3n) is 4.87. The fourth-order valence-electron chi connectivity index (χ4n) is 2.90. The average Bonchev–Trinajstić information content (AvgIpc) is 2.76. The smallest absolute Gasteiger partial charge is 0.338 e. The van der Waals surface area contributed by atoms with Crippen LogP contribution in [0.25, 0.3) is 5.69 Å². The fraction of sp³-hybridized carbons (Fsp3) is 0.450. The van der Waals surface area contributed by atoms with Crippen molar-refractivity contribution in [1.82, 2.24) is 19.0 Å². The summed E-state index contributed by atoms with van der Waals surface area (Å²) < 4.78 is 27.5. The number of rotatable bonds is 7. The van der Waals surface area contributed by atoms with Crippen molar-refractivity contribution in [2.45, 2.75) is 32.9 Å². The maximum absolute atomic E-state index is 14.7. The van der Waals surface area contributed by atoms with E-state index in [9.17, 15) is 23.6 Å². The molecule has 0 bridgehead atoms. The summed E-state index contributed by atoms with van der Waals surface area (Å²) in [6.07, 6.45) is -1.17. The molecule has 0 aliphatic heterocycles. The van der Waals surface area contributed by atoms with Gasteiger partial charge in [0.2, 0.25) is 0 Å². The van der Waals surface area contributed by atoms with Crippen LogP contribution >= 0.6 is 23.8 Å². The minimum absolute atomic E-state index is 0.0531. The maximum Gasteiger partial charge on any atom is 0.338 e. The Morgan fingerprint density at radius 1 is 1.12 bits per heavy atom. The van der Waals surface area contributed by atoms with E-state index in [1.807, 2.05) is 0 Å². The zero-order valence-electron chi connectivity index (χ0n) is 18.8. The second-order valence-electron chi connectivity index (χ2n) is 7.55. The first-order chi connectivity index (χ1) is 15.3. The number of ether oxygens (including phenoxy) is 2. The highest BCUT2D eigenvalue weighted by Gasteiger charge is 2.28. The van der Waals surface area contributed by atoms with Crippen molar-refractivity contribution in [3.8, 4) is 11.4 Å². The molecule has 180 valence electrons. The average molecular weight is 503 g/mol. The van der Waals surface area contributed by atoms with Gasteiger partial charge in [0.05, 0.1) is 17.8 Å². The van der Waals surface area contributed by atoms with Crippen LogP contribution in [-0.4, -0.2) is 44.8 Å². The van der Waals surface area contributed by atoms with Gasteiger partial charge < -0.3 is 14.8 Å². The highest BCUT2D eigenvalue weighted by molar-refractivity contribution is 7.71. The fourth-order valence-corrected chi connectivity index (χ4v) is 3.25. The van der Waals surface area contributed by atoms with Crippen molar-refractivity contribution in [3.05, 3.63) is 48.7 Å². The molecular formula is C20H24ClFN4O6S. The van der Waals surface area contributed by atoms with E-state index in [2.05, 4.69) is 10.1 Å². The van der Waals surface area contributed by atoms with Gasteiger partial charge in [-0.3, -0.25) is 13.9 Å². The minimum atomic E-state index is -1.17. The standard InChI is InChI=1S/C20H24ClFN4O6S/c1-9(2)15(17(28)31-6)23-16(27)10(3)32-14-8-13(12(22)7-11(14)21)26-18(29)24(4)20(33)25(5)19(26)30/h7-10,15H,1-6H3,(H,23,27). The molecule has 1 aromatic carbocycles. The van der Waals surface area contributed by atoms with Gasteiger partial charge in [0.15, 0.2) is 10.9 Å². The first-order valence-electron chi connectivity index (χ1n) is 9.75. The van der Waals surface area contributed by atoms with E-state index >= 15 is 0 Å². The predicted molar refractivity (Wildman–Crippen MR) is 121 cm³/mol. The molecular weight excluding hydrogens is 479 g/mol. The van der Waals surface area contributed by atoms with Crippen molar-refractivity contribution in [1.29, 1.82) is 0 Å². The van der Waals surface area contributed by atoms with Crippen LogP contribution in [0.4, 0.5) is 4.39 Å². The summed E-state index contributed by atoms with van der Waals surface area (Å²) in [5, 5.41) is 2.33. The van der Waals surface area contributed by atoms with Crippen LogP contribution in [0, 0.1) is 16.5 Å². The Kier molecular flexibility index (Phi) is 8.20. The molecule has 0 fully saturated rings. The van der Waals surface area contributed by atoms with Crippen molar-refractivity contribution in [2.75, 3.05) is 7.11 Å². The summed E-state index contributed by atoms with van der Waals surface area (Å²) >= 11 is 11.1. The van der Waals surface area contributed by atoms with Crippen molar-refractivity contribution >= 4 is 35.7 Å². The maximum atomic E-state index is 14.7. The molecule has 2 unspecified atom stereocenters. The van der Waals surface area contributed by atoms with Gasteiger partial charge in [-0.05, 0) is 31.1 Å². The number of carbonyl (C=O) groups excluding carboxylic acids is 2. The summed E-state index contributed by atoms with van der Waals surface area (Å²) in [6, 6.07) is 0.981. The lowest BCUT2D eigenvalue weighted by molar-refractivity contribution is -0.147. The van der Waals surface area contributed by atoms with Crippen LogP contribution in [-0.2, 0) is 28.4 Å². The molecule has 1 heterocycles. The summed E-state index contributed by atoms with van der Waals surface area (Å²) in [5.74, 6) is -2.66. The van der Waals surface area contributed by atoms with Crippen LogP contribution in [0.2, 0.25) is 5.02 Å². The number of nitrogens with one attached hydrogen (secondary N) is 1. The van der Waals surface area contributed by atoms with Gasteiger partial charge in [-0.25, -0.2) is 23.3 Å². The molecule has 2 aromatic rings. The number of carbonyl (C=O) groups is 2. The van der Waals surface area contributed by atoms with E-state index in [0.29, 0.717) is 4.57 Å². The molecule has 10 nitrogen and oxygen atoms in total. The number of aromatic nitrogens is 3. The Balaban J connectivity index is 2.46. The molecule has 33 heavy (non-hydrogen) atoms. The number of amides is 1. The number of methoxy groups -OCH3 is 1. The largest absolute Gasteiger partial charge is 0.479 e. The van der Waals surface area contributed by atoms with Crippen LogP contribution in [0.1, 0.15) is 20.8 Å². The van der Waals surface area contributed by atoms with Gasteiger partial charge in [-0.2, -0.15) is 0 Å². The molecule has 0 spiro atoms. The minimum Gasteiger partial charge on any atom is -0.479 e. The molecule has 0 aliphatic rings. The lowest BCUT2D eigenvalue weighted by Crippen LogP contribution is -2.49. The second-order valence-corrected chi connectivity index (χ2v) is 8.32. The number of nitrogens with zero attached hydrogens (tertiary/aromatic N) is 3. The van der Waals surface area contributed by atoms with Crippen LogP contribution in [0.15, 0.2) is 21.7 Å². The molecule has 13 heteroatoms. The number of esters is 1. The Morgan fingerprint density at radius 3 is 2.15 bits per heavy atom. The van der Waals surface area contributed by atoms with Gasteiger partial charge in [-0.1, -0.05) is 25.4 Å². The van der Waals surface area contributed by atoms with E-state index in [1.54, 1.807) is 13.8 Å². The van der Waals surface area contributed by atoms with Gasteiger partial charge in [0.25, 0.3) is 5.91 Å². The van der Waals surface area contributed by atoms with Crippen molar-refractivity contribution in [2.24, 2.45) is 20.0 Å². The molecule has 2 rings (SSSR count).